The van der Waals surface area contributed by atoms with Crippen molar-refractivity contribution >= 4 is 39.3 Å². The molecule has 0 bridgehead atoms. The van der Waals surface area contributed by atoms with Gasteiger partial charge in [-0.3, -0.25) is 9.59 Å². The highest BCUT2D eigenvalue weighted by Gasteiger charge is 2.23. The van der Waals surface area contributed by atoms with Crippen molar-refractivity contribution in [3.63, 3.8) is 0 Å². The molecule has 0 fully saturated rings. The van der Waals surface area contributed by atoms with Gasteiger partial charge < -0.3 is 14.5 Å². The van der Waals surface area contributed by atoms with Crippen LogP contribution < -0.4 is 5.32 Å². The molecule has 4 rings (SSSR count). The maximum atomic E-state index is 13.1. The number of ether oxygens (including phenoxy) is 1. The molecule has 1 heterocycles. The molecule has 0 spiro atoms. The van der Waals surface area contributed by atoms with Gasteiger partial charge in [0.2, 0.25) is 0 Å². The van der Waals surface area contributed by atoms with Gasteiger partial charge in [0.25, 0.3) is 5.91 Å². The van der Waals surface area contributed by atoms with Crippen LogP contribution in [0.4, 0.5) is 5.69 Å². The summed E-state index contributed by atoms with van der Waals surface area (Å²) >= 11 is 0. The standard InChI is InChI=1S/C22H17NO4/c1-14(24)26-13-19-21(22(25)23-16-8-3-2-4-9-16)20-17-10-6-5-7-15(17)11-12-18(20)27-19/h2-12H,13H2,1H3,(H,23,25). The Kier molecular flexibility index (Phi) is 4.34. The average molecular weight is 359 g/mol. The lowest BCUT2D eigenvalue weighted by atomic mass is 10.0. The molecule has 27 heavy (non-hydrogen) atoms. The fraction of sp³-hybridized carbons (Fsp3) is 0.0909. The van der Waals surface area contributed by atoms with E-state index in [0.717, 1.165) is 10.8 Å². The van der Waals surface area contributed by atoms with E-state index in [1.165, 1.54) is 6.92 Å². The van der Waals surface area contributed by atoms with Crippen molar-refractivity contribution in [3.8, 4) is 0 Å². The van der Waals surface area contributed by atoms with E-state index in [2.05, 4.69) is 5.32 Å². The van der Waals surface area contributed by atoms with Gasteiger partial charge in [-0.25, -0.2) is 0 Å². The molecule has 5 heteroatoms. The van der Waals surface area contributed by atoms with Crippen molar-refractivity contribution < 1.29 is 18.7 Å². The number of anilines is 1. The molecule has 0 saturated heterocycles. The molecule has 1 amide bonds. The minimum atomic E-state index is -0.435. The van der Waals surface area contributed by atoms with Crippen LogP contribution in [0.2, 0.25) is 0 Å². The lowest BCUT2D eigenvalue weighted by Crippen LogP contribution is -2.14. The third-order valence-electron chi connectivity index (χ3n) is 4.32. The number of para-hydroxylation sites is 1. The van der Waals surface area contributed by atoms with E-state index in [9.17, 15) is 9.59 Å². The van der Waals surface area contributed by atoms with Crippen molar-refractivity contribution in [1.29, 1.82) is 0 Å². The number of hydrogen-bond donors (Lipinski definition) is 1. The highest BCUT2D eigenvalue weighted by atomic mass is 16.5. The second kappa shape index (κ2) is 6.96. The zero-order valence-electron chi connectivity index (χ0n) is 14.7. The van der Waals surface area contributed by atoms with Gasteiger partial charge in [0.1, 0.15) is 12.2 Å². The van der Waals surface area contributed by atoms with Crippen LogP contribution in [0, 0.1) is 0 Å². The fourth-order valence-electron chi connectivity index (χ4n) is 3.14. The van der Waals surface area contributed by atoms with E-state index in [0.29, 0.717) is 28.0 Å². The summed E-state index contributed by atoms with van der Waals surface area (Å²) in [6, 6.07) is 20.7. The molecule has 0 atom stereocenters. The first-order valence-corrected chi connectivity index (χ1v) is 8.56. The summed E-state index contributed by atoms with van der Waals surface area (Å²) in [6.07, 6.45) is 0. The second-order valence-electron chi connectivity index (χ2n) is 6.16. The van der Waals surface area contributed by atoms with E-state index in [4.69, 9.17) is 9.15 Å². The molecular formula is C22H17NO4. The Morgan fingerprint density at radius 1 is 0.963 bits per heavy atom. The zero-order valence-corrected chi connectivity index (χ0v) is 14.7. The maximum absolute atomic E-state index is 13.1. The van der Waals surface area contributed by atoms with Gasteiger partial charge in [-0.05, 0) is 29.0 Å². The predicted molar refractivity (Wildman–Crippen MR) is 104 cm³/mol. The molecule has 0 unspecified atom stereocenters. The van der Waals surface area contributed by atoms with E-state index >= 15 is 0 Å². The molecule has 3 aromatic carbocycles. The third-order valence-corrected chi connectivity index (χ3v) is 4.32. The Labute approximate surface area is 155 Å². The quantitative estimate of drug-likeness (QED) is 0.526. The molecule has 1 N–H and O–H groups in total. The monoisotopic (exact) mass is 359 g/mol. The summed E-state index contributed by atoms with van der Waals surface area (Å²) in [4.78, 5) is 24.3. The SMILES string of the molecule is CC(=O)OCc1oc2ccc3ccccc3c2c1C(=O)Nc1ccccc1. The van der Waals surface area contributed by atoms with Gasteiger partial charge in [-0.15, -0.1) is 0 Å². The molecule has 0 aliphatic carbocycles. The van der Waals surface area contributed by atoms with Gasteiger partial charge in [0.05, 0.1) is 5.56 Å². The van der Waals surface area contributed by atoms with Crippen LogP contribution in [0.25, 0.3) is 21.7 Å². The van der Waals surface area contributed by atoms with Gasteiger partial charge in [-0.2, -0.15) is 0 Å². The third kappa shape index (κ3) is 3.27. The van der Waals surface area contributed by atoms with Crippen LogP contribution in [0.3, 0.4) is 0 Å². The number of esters is 1. The van der Waals surface area contributed by atoms with Gasteiger partial charge in [0, 0.05) is 18.0 Å². The Morgan fingerprint density at radius 3 is 2.48 bits per heavy atom. The largest absolute Gasteiger partial charge is 0.458 e. The Balaban J connectivity index is 1.88. The van der Waals surface area contributed by atoms with Crippen LogP contribution >= 0.6 is 0 Å². The summed E-state index contributed by atoms with van der Waals surface area (Å²) in [5, 5.41) is 5.51. The van der Waals surface area contributed by atoms with Crippen molar-refractivity contribution in [2.45, 2.75) is 13.5 Å². The van der Waals surface area contributed by atoms with Gasteiger partial charge >= 0.3 is 5.97 Å². The Morgan fingerprint density at radius 2 is 1.70 bits per heavy atom. The lowest BCUT2D eigenvalue weighted by Gasteiger charge is -2.07. The van der Waals surface area contributed by atoms with Crippen LogP contribution in [0.1, 0.15) is 23.0 Å². The van der Waals surface area contributed by atoms with Crippen LogP contribution in [-0.4, -0.2) is 11.9 Å². The number of nitrogens with one attached hydrogen (secondary N) is 1. The number of hydrogen-bond acceptors (Lipinski definition) is 4. The van der Waals surface area contributed by atoms with Crippen molar-refractivity contribution in [2.24, 2.45) is 0 Å². The molecule has 0 aliphatic rings. The summed E-state index contributed by atoms with van der Waals surface area (Å²) in [6.45, 7) is 1.22. The van der Waals surface area contributed by atoms with E-state index in [-0.39, 0.29) is 12.5 Å². The number of carbonyl (C=O) groups is 2. The normalized spacial score (nSPS) is 10.9. The highest BCUT2D eigenvalue weighted by molar-refractivity contribution is 6.20. The van der Waals surface area contributed by atoms with Crippen molar-refractivity contribution in [3.05, 3.63) is 78.1 Å². The van der Waals surface area contributed by atoms with Crippen molar-refractivity contribution in [2.75, 3.05) is 5.32 Å². The first-order chi connectivity index (χ1) is 13.1. The number of rotatable bonds is 4. The average Bonchev–Trinajstić information content (AvgIpc) is 3.06. The number of benzene rings is 3. The summed E-state index contributed by atoms with van der Waals surface area (Å²) in [5.74, 6) is -0.418. The zero-order chi connectivity index (χ0) is 18.8. The number of carbonyl (C=O) groups excluding carboxylic acids is 2. The lowest BCUT2D eigenvalue weighted by molar-refractivity contribution is -0.142. The van der Waals surface area contributed by atoms with Crippen LogP contribution in [0.15, 0.2) is 71.1 Å². The number of fused-ring (bicyclic) bond motifs is 3. The molecule has 0 saturated carbocycles. The second-order valence-corrected chi connectivity index (χ2v) is 6.16. The number of furan rings is 1. The van der Waals surface area contributed by atoms with Crippen LogP contribution in [0.5, 0.6) is 0 Å². The number of amides is 1. The first kappa shape index (κ1) is 16.8. The smallest absolute Gasteiger partial charge is 0.303 e. The minimum absolute atomic E-state index is 0.101. The molecule has 0 radical (unpaired) electrons. The summed E-state index contributed by atoms with van der Waals surface area (Å²) < 4.78 is 11.0. The molecular weight excluding hydrogens is 342 g/mol. The summed E-state index contributed by atoms with van der Waals surface area (Å²) in [5.41, 5.74) is 1.64. The van der Waals surface area contributed by atoms with E-state index < -0.39 is 5.97 Å². The first-order valence-electron chi connectivity index (χ1n) is 8.56. The van der Waals surface area contributed by atoms with Gasteiger partial charge in [-0.1, -0.05) is 48.5 Å². The predicted octanol–water partition coefficient (Wildman–Crippen LogP) is 4.90. The molecule has 0 aliphatic heterocycles. The summed E-state index contributed by atoms with van der Waals surface area (Å²) in [7, 11) is 0. The molecule has 134 valence electrons. The minimum Gasteiger partial charge on any atom is -0.458 e. The van der Waals surface area contributed by atoms with Crippen molar-refractivity contribution in [1.82, 2.24) is 0 Å². The van der Waals surface area contributed by atoms with E-state index in [1.807, 2.05) is 66.7 Å². The maximum Gasteiger partial charge on any atom is 0.303 e. The highest BCUT2D eigenvalue weighted by Crippen LogP contribution is 2.33. The van der Waals surface area contributed by atoms with E-state index in [1.54, 1.807) is 0 Å². The molecule has 4 aromatic rings. The molecule has 1 aromatic heterocycles. The van der Waals surface area contributed by atoms with Crippen LogP contribution in [-0.2, 0) is 16.1 Å². The Hall–Kier alpha value is -3.60. The topological polar surface area (TPSA) is 68.5 Å². The van der Waals surface area contributed by atoms with Gasteiger partial charge in [0.15, 0.2) is 5.76 Å². The fourth-order valence-corrected chi connectivity index (χ4v) is 3.14. The molecule has 5 nitrogen and oxygen atoms in total. The Bertz CT molecular complexity index is 1150.